The Bertz CT molecular complexity index is 1020. The van der Waals surface area contributed by atoms with Crippen molar-refractivity contribution in [3.63, 3.8) is 0 Å². The van der Waals surface area contributed by atoms with Crippen LogP contribution in [0.4, 0.5) is 20.4 Å². The van der Waals surface area contributed by atoms with Crippen molar-refractivity contribution in [2.75, 3.05) is 5.32 Å². The molecule has 12 heteroatoms. The zero-order valence-corrected chi connectivity index (χ0v) is 14.1. The monoisotopic (exact) mass is 378 g/mol. The Labute approximate surface area is 149 Å². The van der Waals surface area contributed by atoms with E-state index in [2.05, 4.69) is 40.3 Å². The molecule has 0 bridgehead atoms. The summed E-state index contributed by atoms with van der Waals surface area (Å²) in [6, 6.07) is 1.25. The summed E-state index contributed by atoms with van der Waals surface area (Å²) in [5.74, 6) is 0.516. The Balaban J connectivity index is 1.61. The molecule has 0 saturated carbocycles. The highest BCUT2D eigenvalue weighted by molar-refractivity contribution is 7.09. The van der Waals surface area contributed by atoms with E-state index < -0.39 is 6.61 Å². The third kappa shape index (κ3) is 3.18. The van der Waals surface area contributed by atoms with Gasteiger partial charge in [0.25, 0.3) is 0 Å². The summed E-state index contributed by atoms with van der Waals surface area (Å²) in [6.07, 6.45) is 4.92. The lowest BCUT2D eigenvalue weighted by Crippen LogP contribution is -2.08. The minimum absolute atomic E-state index is 0.0546. The average Bonchev–Trinajstić information content (AvgIpc) is 3.34. The minimum atomic E-state index is -2.93. The Kier molecular flexibility index (Phi) is 4.16. The lowest BCUT2D eigenvalue weighted by atomic mass is 10.3. The van der Waals surface area contributed by atoms with Gasteiger partial charge in [0.2, 0.25) is 5.88 Å². The summed E-state index contributed by atoms with van der Waals surface area (Å²) in [4.78, 5) is 13.9. The van der Waals surface area contributed by atoms with E-state index in [4.69, 9.17) is 0 Å². The fourth-order valence-electron chi connectivity index (χ4n) is 2.37. The summed E-state index contributed by atoms with van der Waals surface area (Å²) >= 11 is 1.53. The molecule has 0 unspecified atom stereocenters. The topological polar surface area (TPSA) is 106 Å². The molecule has 4 heterocycles. The van der Waals surface area contributed by atoms with Crippen molar-refractivity contribution in [2.24, 2.45) is 0 Å². The third-order valence-corrected chi connectivity index (χ3v) is 4.51. The number of aromatic amines is 1. The number of anilines is 2. The van der Waals surface area contributed by atoms with Gasteiger partial charge in [0.15, 0.2) is 17.3 Å². The number of halogens is 2. The second-order valence-corrected chi connectivity index (χ2v) is 6.17. The first-order valence-corrected chi connectivity index (χ1v) is 8.34. The number of fused-ring (bicyclic) bond motifs is 1. The molecular weight excluding hydrogens is 366 g/mol. The number of aromatic nitrogens is 7. The zero-order chi connectivity index (χ0) is 18.1. The smallest absolute Gasteiger partial charge is 0.388 e. The SMILES string of the molecule is C[C@@H](c1cncs1)n1ncc2ncc(Nc3cc(OC(F)F)[nH]n3)nc21. The molecule has 4 rings (SSSR count). The maximum Gasteiger partial charge on any atom is 0.388 e. The highest BCUT2D eigenvalue weighted by Gasteiger charge is 2.16. The van der Waals surface area contributed by atoms with Crippen LogP contribution in [-0.2, 0) is 0 Å². The maximum atomic E-state index is 12.2. The van der Waals surface area contributed by atoms with E-state index in [0.29, 0.717) is 17.0 Å². The first kappa shape index (κ1) is 16.3. The van der Waals surface area contributed by atoms with Crippen molar-refractivity contribution in [2.45, 2.75) is 19.6 Å². The third-order valence-electron chi connectivity index (χ3n) is 3.56. The van der Waals surface area contributed by atoms with E-state index >= 15 is 0 Å². The van der Waals surface area contributed by atoms with Gasteiger partial charge in [-0.15, -0.1) is 11.3 Å². The van der Waals surface area contributed by atoms with Gasteiger partial charge < -0.3 is 10.1 Å². The molecule has 0 aliphatic rings. The van der Waals surface area contributed by atoms with E-state index in [1.807, 2.05) is 6.92 Å². The number of alkyl halides is 2. The van der Waals surface area contributed by atoms with Crippen LogP contribution in [0.2, 0.25) is 0 Å². The van der Waals surface area contributed by atoms with Crippen LogP contribution in [0, 0.1) is 0 Å². The number of nitrogens with zero attached hydrogens (tertiary/aromatic N) is 6. The van der Waals surface area contributed by atoms with Gasteiger partial charge in [-0.3, -0.25) is 4.98 Å². The number of H-pyrrole nitrogens is 1. The number of thiazole rings is 1. The highest BCUT2D eigenvalue weighted by Crippen LogP contribution is 2.25. The number of ether oxygens (including phenoxy) is 1. The second kappa shape index (κ2) is 6.63. The minimum Gasteiger partial charge on any atom is -0.417 e. The molecule has 1 atom stereocenters. The fourth-order valence-corrected chi connectivity index (χ4v) is 3.03. The predicted molar refractivity (Wildman–Crippen MR) is 89.8 cm³/mol. The van der Waals surface area contributed by atoms with Crippen molar-refractivity contribution in [1.82, 2.24) is 34.9 Å². The molecule has 26 heavy (non-hydrogen) atoms. The van der Waals surface area contributed by atoms with Crippen LogP contribution in [0.3, 0.4) is 0 Å². The number of nitrogens with one attached hydrogen (secondary N) is 2. The van der Waals surface area contributed by atoms with Crippen molar-refractivity contribution < 1.29 is 13.5 Å². The Morgan fingerprint density at radius 1 is 1.27 bits per heavy atom. The molecule has 9 nitrogen and oxygen atoms in total. The summed E-state index contributed by atoms with van der Waals surface area (Å²) in [6.45, 7) is -0.939. The molecule has 0 aromatic carbocycles. The molecular formula is C14H12F2N8OS. The lowest BCUT2D eigenvalue weighted by Gasteiger charge is -2.10. The van der Waals surface area contributed by atoms with E-state index in [1.165, 1.54) is 23.6 Å². The molecule has 134 valence electrons. The second-order valence-electron chi connectivity index (χ2n) is 5.25. The number of hydrogen-bond donors (Lipinski definition) is 2. The highest BCUT2D eigenvalue weighted by atomic mass is 32.1. The van der Waals surface area contributed by atoms with Gasteiger partial charge in [-0.2, -0.15) is 19.0 Å². The molecule has 0 spiro atoms. The van der Waals surface area contributed by atoms with Gasteiger partial charge in [0.05, 0.1) is 23.9 Å². The van der Waals surface area contributed by atoms with Crippen LogP contribution >= 0.6 is 11.3 Å². The molecule has 0 amide bonds. The van der Waals surface area contributed by atoms with Crippen molar-refractivity contribution in [3.8, 4) is 5.88 Å². The summed E-state index contributed by atoms with van der Waals surface area (Å²) in [5.41, 5.74) is 2.97. The molecule has 0 aliphatic heterocycles. The van der Waals surface area contributed by atoms with Gasteiger partial charge in [0, 0.05) is 17.1 Å². The predicted octanol–water partition coefficient (Wildman–Crippen LogP) is 2.96. The lowest BCUT2D eigenvalue weighted by molar-refractivity contribution is -0.0528. The van der Waals surface area contributed by atoms with Crippen LogP contribution in [0.1, 0.15) is 17.8 Å². The fraction of sp³-hybridized carbons (Fsp3) is 0.214. The molecule has 4 aromatic heterocycles. The van der Waals surface area contributed by atoms with Gasteiger partial charge in [-0.05, 0) is 6.92 Å². The zero-order valence-electron chi connectivity index (χ0n) is 13.3. The van der Waals surface area contributed by atoms with Crippen molar-refractivity contribution >= 4 is 34.1 Å². The molecule has 4 aromatic rings. The molecule has 2 N–H and O–H groups in total. The molecule has 0 radical (unpaired) electrons. The Morgan fingerprint density at radius 3 is 2.92 bits per heavy atom. The van der Waals surface area contributed by atoms with Crippen molar-refractivity contribution in [1.29, 1.82) is 0 Å². The number of rotatable bonds is 6. The van der Waals surface area contributed by atoms with Crippen LogP contribution in [0.15, 0.2) is 30.2 Å². The molecule has 0 fully saturated rings. The van der Waals surface area contributed by atoms with Crippen LogP contribution in [0.5, 0.6) is 5.88 Å². The van der Waals surface area contributed by atoms with E-state index in [-0.39, 0.29) is 17.7 Å². The van der Waals surface area contributed by atoms with Gasteiger partial charge in [-0.1, -0.05) is 0 Å². The molecule has 0 saturated heterocycles. The normalized spacial score (nSPS) is 12.6. The molecule has 0 aliphatic carbocycles. The van der Waals surface area contributed by atoms with Gasteiger partial charge in [0.1, 0.15) is 5.52 Å². The van der Waals surface area contributed by atoms with Crippen LogP contribution in [-0.4, -0.2) is 41.5 Å². The largest absolute Gasteiger partial charge is 0.417 e. The summed E-state index contributed by atoms with van der Waals surface area (Å²) in [5, 5.41) is 13.4. The van der Waals surface area contributed by atoms with Gasteiger partial charge >= 0.3 is 6.61 Å². The maximum absolute atomic E-state index is 12.2. The van der Waals surface area contributed by atoms with Gasteiger partial charge in [-0.25, -0.2) is 19.7 Å². The van der Waals surface area contributed by atoms with Crippen LogP contribution < -0.4 is 10.1 Å². The van der Waals surface area contributed by atoms with E-state index in [9.17, 15) is 8.78 Å². The quantitative estimate of drug-likeness (QED) is 0.531. The van der Waals surface area contributed by atoms with E-state index in [0.717, 1.165) is 4.88 Å². The Morgan fingerprint density at radius 2 is 2.15 bits per heavy atom. The van der Waals surface area contributed by atoms with E-state index in [1.54, 1.807) is 22.6 Å². The Hall–Kier alpha value is -3.15. The first-order chi connectivity index (χ1) is 12.6. The first-order valence-electron chi connectivity index (χ1n) is 7.46. The summed E-state index contributed by atoms with van der Waals surface area (Å²) in [7, 11) is 0. The summed E-state index contributed by atoms with van der Waals surface area (Å²) < 4.78 is 30.4. The van der Waals surface area contributed by atoms with Crippen molar-refractivity contribution in [3.05, 3.63) is 35.0 Å². The average molecular weight is 378 g/mol. The standard InChI is InChI=1S/C14H12F2N8OS/c1-7(9-4-17-6-26-9)24-13-8(3-19-24)18-5-11(21-13)20-10-2-12(23-22-10)25-14(15)16/h2-7,14H,1H3,(H2,20,21,22,23)/t7-/m0/s1. The van der Waals surface area contributed by atoms with Crippen LogP contribution in [0.25, 0.3) is 11.2 Å². The number of hydrogen-bond acceptors (Lipinski definition) is 8.